The standard InChI is InChI=1S/C24H28N4O4Si/c1-32-19-8-5-15(6-9-19)22(28-23(30)17-12-21(29)26-14-17)24(31)27-18-7-10-20(33(2,3)4)16(11-18)13-25/h5-11,17,22H,12,14H2,1-4H3,(H,26,29)(H,27,31)(H,28,30). The van der Waals surface area contributed by atoms with E-state index in [0.717, 1.165) is 5.19 Å². The zero-order valence-electron chi connectivity index (χ0n) is 19.2. The van der Waals surface area contributed by atoms with E-state index in [1.54, 1.807) is 43.5 Å². The molecule has 2 aromatic rings. The monoisotopic (exact) mass is 464 g/mol. The summed E-state index contributed by atoms with van der Waals surface area (Å²) in [6, 6.07) is 13.4. The molecule has 3 rings (SSSR count). The lowest BCUT2D eigenvalue weighted by Gasteiger charge is -2.22. The number of ether oxygens (including phenoxy) is 1. The maximum absolute atomic E-state index is 13.2. The molecule has 0 radical (unpaired) electrons. The van der Waals surface area contributed by atoms with Crippen molar-refractivity contribution in [3.8, 4) is 11.8 Å². The van der Waals surface area contributed by atoms with Gasteiger partial charge in [-0.3, -0.25) is 14.4 Å². The lowest BCUT2D eigenvalue weighted by molar-refractivity contribution is -0.129. The number of nitrogens with zero attached hydrogens (tertiary/aromatic N) is 1. The first-order chi connectivity index (χ1) is 15.6. The summed E-state index contributed by atoms with van der Waals surface area (Å²) in [4.78, 5) is 37.5. The van der Waals surface area contributed by atoms with E-state index in [2.05, 4.69) is 41.7 Å². The Labute approximate surface area is 194 Å². The largest absolute Gasteiger partial charge is 0.497 e. The molecule has 1 saturated heterocycles. The Bertz CT molecular complexity index is 1100. The lowest BCUT2D eigenvalue weighted by Crippen LogP contribution is -2.41. The molecule has 0 aliphatic carbocycles. The van der Waals surface area contributed by atoms with Crippen LogP contribution in [-0.2, 0) is 14.4 Å². The molecule has 33 heavy (non-hydrogen) atoms. The van der Waals surface area contributed by atoms with Gasteiger partial charge in [0.1, 0.15) is 11.8 Å². The van der Waals surface area contributed by atoms with Gasteiger partial charge in [-0.2, -0.15) is 5.26 Å². The number of rotatable bonds is 7. The zero-order chi connectivity index (χ0) is 24.2. The van der Waals surface area contributed by atoms with Crippen molar-refractivity contribution < 1.29 is 19.1 Å². The van der Waals surface area contributed by atoms with Gasteiger partial charge in [-0.1, -0.05) is 37.8 Å². The molecule has 1 aliphatic heterocycles. The van der Waals surface area contributed by atoms with Crippen LogP contribution >= 0.6 is 0 Å². The van der Waals surface area contributed by atoms with Crippen LogP contribution in [-0.4, -0.2) is 39.4 Å². The van der Waals surface area contributed by atoms with E-state index in [0.29, 0.717) is 22.6 Å². The summed E-state index contributed by atoms with van der Waals surface area (Å²) in [5.41, 5.74) is 1.58. The van der Waals surface area contributed by atoms with Crippen molar-refractivity contribution in [1.82, 2.24) is 10.6 Å². The molecule has 2 atom stereocenters. The molecule has 3 amide bonds. The Balaban J connectivity index is 1.86. The topological polar surface area (TPSA) is 120 Å². The molecule has 0 bridgehead atoms. The fourth-order valence-corrected chi connectivity index (χ4v) is 5.25. The molecule has 0 saturated carbocycles. The summed E-state index contributed by atoms with van der Waals surface area (Å²) in [5.74, 6) is -0.929. The van der Waals surface area contributed by atoms with Crippen LogP contribution in [0.3, 0.4) is 0 Å². The number of anilines is 1. The Hall–Kier alpha value is -3.64. The zero-order valence-corrected chi connectivity index (χ0v) is 20.2. The Kier molecular flexibility index (Phi) is 7.18. The van der Waals surface area contributed by atoms with E-state index in [1.807, 2.05) is 6.07 Å². The van der Waals surface area contributed by atoms with Gasteiger partial charge < -0.3 is 20.7 Å². The predicted octanol–water partition coefficient (Wildman–Crippen LogP) is 2.04. The highest BCUT2D eigenvalue weighted by Gasteiger charge is 2.32. The highest BCUT2D eigenvalue weighted by Crippen LogP contribution is 2.22. The van der Waals surface area contributed by atoms with Gasteiger partial charge in [0, 0.05) is 18.7 Å². The fourth-order valence-electron chi connectivity index (χ4n) is 3.73. The van der Waals surface area contributed by atoms with Crippen molar-refractivity contribution in [2.24, 2.45) is 5.92 Å². The van der Waals surface area contributed by atoms with Crippen molar-refractivity contribution in [2.45, 2.75) is 32.1 Å². The van der Waals surface area contributed by atoms with Crippen LogP contribution in [0.15, 0.2) is 42.5 Å². The molecule has 9 heteroatoms. The molecule has 2 aromatic carbocycles. The van der Waals surface area contributed by atoms with Crippen LogP contribution in [0.4, 0.5) is 5.69 Å². The van der Waals surface area contributed by atoms with E-state index in [-0.39, 0.29) is 24.8 Å². The lowest BCUT2D eigenvalue weighted by atomic mass is 10.0. The van der Waals surface area contributed by atoms with E-state index in [4.69, 9.17) is 4.74 Å². The van der Waals surface area contributed by atoms with Gasteiger partial charge in [0.25, 0.3) is 5.91 Å². The molecule has 172 valence electrons. The van der Waals surface area contributed by atoms with Crippen LogP contribution in [0.25, 0.3) is 0 Å². The summed E-state index contributed by atoms with van der Waals surface area (Å²) in [6.07, 6.45) is 0.0898. The molecule has 1 aliphatic rings. The summed E-state index contributed by atoms with van der Waals surface area (Å²) in [7, 11) is -0.182. The second-order valence-electron chi connectivity index (χ2n) is 9.03. The van der Waals surface area contributed by atoms with Crippen molar-refractivity contribution in [2.75, 3.05) is 19.0 Å². The van der Waals surface area contributed by atoms with Gasteiger partial charge in [-0.05, 0) is 35.0 Å². The van der Waals surface area contributed by atoms with Crippen molar-refractivity contribution in [1.29, 1.82) is 5.26 Å². The van der Waals surface area contributed by atoms with Gasteiger partial charge in [0.2, 0.25) is 11.8 Å². The number of amides is 3. The maximum atomic E-state index is 13.2. The van der Waals surface area contributed by atoms with E-state index in [1.165, 1.54) is 0 Å². The second kappa shape index (κ2) is 9.88. The third-order valence-electron chi connectivity index (χ3n) is 5.56. The SMILES string of the molecule is COc1ccc(C(NC(=O)C2CNC(=O)C2)C(=O)Nc2ccc([Si](C)(C)C)c(C#N)c2)cc1. The van der Waals surface area contributed by atoms with Gasteiger partial charge in [-0.15, -0.1) is 0 Å². The first-order valence-electron chi connectivity index (χ1n) is 10.7. The fraction of sp³-hybridized carbons (Fsp3) is 0.333. The first-order valence-corrected chi connectivity index (χ1v) is 14.2. The average molecular weight is 465 g/mol. The van der Waals surface area contributed by atoms with Gasteiger partial charge in [0.15, 0.2) is 0 Å². The van der Waals surface area contributed by atoms with Crippen molar-refractivity contribution in [3.63, 3.8) is 0 Å². The summed E-state index contributed by atoms with van der Waals surface area (Å²) in [6.45, 7) is 6.70. The number of benzene rings is 2. The van der Waals surface area contributed by atoms with E-state index in [9.17, 15) is 19.6 Å². The van der Waals surface area contributed by atoms with Crippen molar-refractivity contribution in [3.05, 3.63) is 53.6 Å². The smallest absolute Gasteiger partial charge is 0.251 e. The van der Waals surface area contributed by atoms with Crippen molar-refractivity contribution >= 4 is 36.7 Å². The summed E-state index contributed by atoms with van der Waals surface area (Å²) < 4.78 is 5.18. The van der Waals surface area contributed by atoms with Gasteiger partial charge in [0.05, 0.1) is 32.7 Å². The number of nitriles is 1. The minimum atomic E-state index is -1.73. The highest BCUT2D eigenvalue weighted by atomic mass is 28.3. The third-order valence-corrected chi connectivity index (χ3v) is 7.61. The molecule has 1 heterocycles. The molecule has 8 nitrogen and oxygen atoms in total. The Morgan fingerprint density at radius 2 is 1.88 bits per heavy atom. The molecule has 3 N–H and O–H groups in total. The van der Waals surface area contributed by atoms with Crippen LogP contribution in [0, 0.1) is 17.2 Å². The average Bonchev–Trinajstić information content (AvgIpc) is 3.23. The number of hydrogen-bond donors (Lipinski definition) is 3. The number of nitrogens with one attached hydrogen (secondary N) is 3. The molecule has 0 aromatic heterocycles. The predicted molar refractivity (Wildman–Crippen MR) is 128 cm³/mol. The molecule has 0 spiro atoms. The van der Waals surface area contributed by atoms with Crippen LogP contribution in [0.2, 0.25) is 19.6 Å². The number of hydrogen-bond acceptors (Lipinski definition) is 5. The Morgan fingerprint density at radius 3 is 2.42 bits per heavy atom. The molecular formula is C24H28N4O4Si. The quantitative estimate of drug-likeness (QED) is 0.542. The normalized spacial score (nSPS) is 16.3. The maximum Gasteiger partial charge on any atom is 0.251 e. The summed E-state index contributed by atoms with van der Waals surface area (Å²) in [5, 5.41) is 18.8. The minimum absolute atomic E-state index is 0.0898. The Morgan fingerprint density at radius 1 is 1.18 bits per heavy atom. The number of methoxy groups -OCH3 is 1. The molecule has 1 fully saturated rings. The molecular weight excluding hydrogens is 436 g/mol. The molecule has 2 unspecified atom stereocenters. The first kappa shape index (κ1) is 24.0. The number of carbonyl (C=O) groups excluding carboxylic acids is 3. The van der Waals surface area contributed by atoms with Crippen LogP contribution in [0.5, 0.6) is 5.75 Å². The highest BCUT2D eigenvalue weighted by molar-refractivity contribution is 6.89. The number of carbonyl (C=O) groups is 3. The van der Waals surface area contributed by atoms with Crippen LogP contribution < -0.4 is 25.9 Å². The minimum Gasteiger partial charge on any atom is -0.497 e. The van der Waals surface area contributed by atoms with Gasteiger partial charge in [-0.25, -0.2) is 0 Å². The second-order valence-corrected chi connectivity index (χ2v) is 14.1. The van der Waals surface area contributed by atoms with Crippen LogP contribution in [0.1, 0.15) is 23.6 Å². The summed E-state index contributed by atoms with van der Waals surface area (Å²) >= 11 is 0. The van der Waals surface area contributed by atoms with E-state index >= 15 is 0 Å². The van der Waals surface area contributed by atoms with E-state index < -0.39 is 25.9 Å². The van der Waals surface area contributed by atoms with Gasteiger partial charge >= 0.3 is 0 Å². The third kappa shape index (κ3) is 5.78.